The summed E-state index contributed by atoms with van der Waals surface area (Å²) in [5, 5.41) is 10.6. The number of hydrogen-bond donors (Lipinski definition) is 1. The highest BCUT2D eigenvalue weighted by atomic mass is 16.3. The minimum Gasteiger partial charge on any atom is -0.392 e. The minimum atomic E-state index is -0.400. The van der Waals surface area contributed by atoms with Gasteiger partial charge in [-0.05, 0) is 24.0 Å². The molecule has 20 heavy (non-hydrogen) atoms. The van der Waals surface area contributed by atoms with E-state index < -0.39 is 6.10 Å². The van der Waals surface area contributed by atoms with Crippen LogP contribution in [0.15, 0.2) is 72.8 Å². The highest BCUT2D eigenvalue weighted by molar-refractivity contribution is 5.33. The van der Waals surface area contributed by atoms with Crippen molar-refractivity contribution in [2.24, 2.45) is 0 Å². The third-order valence-electron chi connectivity index (χ3n) is 3.48. The van der Waals surface area contributed by atoms with Crippen molar-refractivity contribution >= 4 is 0 Å². The van der Waals surface area contributed by atoms with Crippen LogP contribution in [-0.2, 0) is 0 Å². The predicted octanol–water partition coefficient (Wildman–Crippen LogP) is 4.54. The zero-order valence-electron chi connectivity index (χ0n) is 11.9. The van der Waals surface area contributed by atoms with Crippen LogP contribution in [0.3, 0.4) is 0 Å². The minimum absolute atomic E-state index is 0.0268. The van der Waals surface area contributed by atoms with Gasteiger partial charge in [0, 0.05) is 5.92 Å². The van der Waals surface area contributed by atoms with Gasteiger partial charge in [-0.15, -0.1) is 0 Å². The number of rotatable bonds is 6. The van der Waals surface area contributed by atoms with Gasteiger partial charge in [0.25, 0.3) is 0 Å². The fourth-order valence-electron chi connectivity index (χ4n) is 2.50. The van der Waals surface area contributed by atoms with E-state index in [1.807, 2.05) is 36.4 Å². The second-order valence-electron chi connectivity index (χ2n) is 4.98. The van der Waals surface area contributed by atoms with E-state index in [1.165, 1.54) is 0 Å². The lowest BCUT2D eigenvalue weighted by molar-refractivity contribution is 0.159. The Kier molecular flexibility index (Phi) is 5.57. The molecular weight excluding hydrogens is 244 g/mol. The summed E-state index contributed by atoms with van der Waals surface area (Å²) in [7, 11) is 0. The van der Waals surface area contributed by atoms with Crippen LogP contribution in [0.5, 0.6) is 0 Å². The molecule has 0 spiro atoms. The first-order chi connectivity index (χ1) is 9.83. The largest absolute Gasteiger partial charge is 0.392 e. The maximum absolute atomic E-state index is 10.6. The van der Waals surface area contributed by atoms with Crippen LogP contribution in [0.4, 0.5) is 0 Å². The molecule has 2 aromatic rings. The van der Waals surface area contributed by atoms with E-state index in [9.17, 15) is 5.11 Å². The monoisotopic (exact) mass is 266 g/mol. The van der Waals surface area contributed by atoms with Gasteiger partial charge in [0.1, 0.15) is 0 Å². The number of benzene rings is 2. The van der Waals surface area contributed by atoms with Gasteiger partial charge < -0.3 is 5.11 Å². The van der Waals surface area contributed by atoms with Crippen LogP contribution < -0.4 is 0 Å². The Labute approximate surface area is 121 Å². The van der Waals surface area contributed by atoms with E-state index in [1.54, 1.807) is 0 Å². The van der Waals surface area contributed by atoms with Gasteiger partial charge >= 0.3 is 0 Å². The first kappa shape index (κ1) is 14.5. The van der Waals surface area contributed by atoms with Gasteiger partial charge in [-0.25, -0.2) is 0 Å². The van der Waals surface area contributed by atoms with Crippen molar-refractivity contribution in [2.75, 3.05) is 0 Å². The lowest BCUT2D eigenvalue weighted by Crippen LogP contribution is -2.19. The molecule has 2 aromatic carbocycles. The Bertz CT molecular complexity index is 476. The second-order valence-corrected chi connectivity index (χ2v) is 4.98. The summed E-state index contributed by atoms with van der Waals surface area (Å²) < 4.78 is 0. The van der Waals surface area contributed by atoms with Crippen molar-refractivity contribution in [3.8, 4) is 0 Å². The van der Waals surface area contributed by atoms with Gasteiger partial charge in [-0.1, -0.05) is 79.7 Å². The molecule has 0 radical (unpaired) electrons. The summed E-state index contributed by atoms with van der Waals surface area (Å²) in [5.74, 6) is 0.0268. The molecular formula is C19H22O. The first-order valence-electron chi connectivity index (χ1n) is 7.26. The fraction of sp³-hybridized carbons (Fsp3) is 0.263. The molecule has 1 atom stereocenters. The van der Waals surface area contributed by atoms with Crippen LogP contribution in [0.2, 0.25) is 0 Å². The Balaban J connectivity index is 2.27. The van der Waals surface area contributed by atoms with Gasteiger partial charge in [-0.3, -0.25) is 0 Å². The van der Waals surface area contributed by atoms with Gasteiger partial charge in [0.2, 0.25) is 0 Å². The molecule has 1 N–H and O–H groups in total. The Morgan fingerprint density at radius 2 is 1.35 bits per heavy atom. The summed E-state index contributed by atoms with van der Waals surface area (Å²) in [5.41, 5.74) is 2.33. The summed E-state index contributed by atoms with van der Waals surface area (Å²) in [6.07, 6.45) is 5.47. The van der Waals surface area contributed by atoms with Crippen molar-refractivity contribution in [3.63, 3.8) is 0 Å². The zero-order chi connectivity index (χ0) is 14.2. The molecule has 2 rings (SSSR count). The highest BCUT2D eigenvalue weighted by Crippen LogP contribution is 2.29. The van der Waals surface area contributed by atoms with Crippen LogP contribution >= 0.6 is 0 Å². The molecule has 104 valence electrons. The van der Waals surface area contributed by atoms with Crippen molar-refractivity contribution in [1.82, 2.24) is 0 Å². The molecule has 1 nitrogen and oxygen atoms in total. The molecule has 0 amide bonds. The molecule has 0 heterocycles. The topological polar surface area (TPSA) is 20.2 Å². The molecule has 0 fully saturated rings. The smallest absolute Gasteiger partial charge is 0.0683 e. The van der Waals surface area contributed by atoms with E-state index in [0.29, 0.717) is 6.42 Å². The second kappa shape index (κ2) is 7.66. The van der Waals surface area contributed by atoms with Crippen LogP contribution in [0.25, 0.3) is 0 Å². The molecule has 0 saturated carbocycles. The van der Waals surface area contributed by atoms with E-state index >= 15 is 0 Å². The molecule has 0 aliphatic carbocycles. The summed E-state index contributed by atoms with van der Waals surface area (Å²) in [6.45, 7) is 2.11. The molecule has 0 bridgehead atoms. The normalized spacial score (nSPS) is 12.9. The van der Waals surface area contributed by atoms with Crippen molar-refractivity contribution in [1.29, 1.82) is 0 Å². The van der Waals surface area contributed by atoms with E-state index in [2.05, 4.69) is 43.3 Å². The zero-order valence-corrected chi connectivity index (χ0v) is 11.9. The molecule has 1 heteroatoms. The van der Waals surface area contributed by atoms with Crippen LogP contribution in [-0.4, -0.2) is 11.2 Å². The van der Waals surface area contributed by atoms with Gasteiger partial charge in [0.05, 0.1) is 6.10 Å². The predicted molar refractivity (Wildman–Crippen MR) is 84.8 cm³/mol. The van der Waals surface area contributed by atoms with E-state index in [0.717, 1.165) is 17.5 Å². The fourth-order valence-corrected chi connectivity index (χ4v) is 2.50. The highest BCUT2D eigenvalue weighted by Gasteiger charge is 2.21. The van der Waals surface area contributed by atoms with Crippen molar-refractivity contribution < 1.29 is 5.11 Å². The van der Waals surface area contributed by atoms with Gasteiger partial charge in [-0.2, -0.15) is 0 Å². The Morgan fingerprint density at radius 1 is 0.850 bits per heavy atom. The van der Waals surface area contributed by atoms with Crippen molar-refractivity contribution in [3.05, 3.63) is 83.9 Å². The molecule has 0 aromatic heterocycles. The average molecular weight is 266 g/mol. The maximum Gasteiger partial charge on any atom is 0.0683 e. The molecule has 0 unspecified atom stereocenters. The van der Waals surface area contributed by atoms with Crippen LogP contribution in [0.1, 0.15) is 36.8 Å². The van der Waals surface area contributed by atoms with E-state index in [-0.39, 0.29) is 5.92 Å². The maximum atomic E-state index is 10.6. The SMILES string of the molecule is CC/C=C\C[C@@H](O)C(c1ccccc1)c1ccccc1. The number of aliphatic hydroxyl groups excluding tert-OH is 1. The average Bonchev–Trinajstić information content (AvgIpc) is 2.50. The first-order valence-corrected chi connectivity index (χ1v) is 7.26. The Morgan fingerprint density at radius 3 is 1.80 bits per heavy atom. The van der Waals surface area contributed by atoms with Crippen molar-refractivity contribution in [2.45, 2.75) is 31.8 Å². The third kappa shape index (κ3) is 3.82. The molecule has 0 aliphatic heterocycles. The number of allylic oxidation sites excluding steroid dienone is 1. The standard InChI is InChI=1S/C19H22O/c1-2-3-6-15-18(20)19(16-11-7-4-8-12-16)17-13-9-5-10-14-17/h3-14,18-20H,2,15H2,1H3/b6-3-/t18-/m1/s1. The summed E-state index contributed by atoms with van der Waals surface area (Å²) in [6, 6.07) is 20.5. The summed E-state index contributed by atoms with van der Waals surface area (Å²) in [4.78, 5) is 0. The number of hydrogen-bond acceptors (Lipinski definition) is 1. The van der Waals surface area contributed by atoms with Crippen LogP contribution in [0, 0.1) is 0 Å². The third-order valence-corrected chi connectivity index (χ3v) is 3.48. The van der Waals surface area contributed by atoms with Gasteiger partial charge in [0.15, 0.2) is 0 Å². The summed E-state index contributed by atoms with van der Waals surface area (Å²) >= 11 is 0. The Hall–Kier alpha value is -1.86. The lowest BCUT2D eigenvalue weighted by Gasteiger charge is -2.23. The lowest BCUT2D eigenvalue weighted by atomic mass is 9.85. The quantitative estimate of drug-likeness (QED) is 0.761. The molecule has 0 aliphatic rings. The molecule has 0 saturated heterocycles. The van der Waals surface area contributed by atoms with E-state index in [4.69, 9.17) is 0 Å². The number of aliphatic hydroxyl groups is 1.